The Kier molecular flexibility index (Phi) is 7.62. The molecule has 2 aromatic carbocycles. The molecule has 4 nitrogen and oxygen atoms in total. The Morgan fingerprint density at radius 3 is 2.12 bits per heavy atom. The van der Waals surface area contributed by atoms with Gasteiger partial charge in [-0.25, -0.2) is 0 Å². The lowest BCUT2D eigenvalue weighted by Gasteiger charge is -2.41. The van der Waals surface area contributed by atoms with Crippen LogP contribution in [-0.2, 0) is 32.2 Å². The highest BCUT2D eigenvalue weighted by molar-refractivity contribution is 5.66. The maximum Gasteiger partial charge on any atom is 0.416 e. The van der Waals surface area contributed by atoms with Crippen molar-refractivity contribution in [3.63, 3.8) is 0 Å². The molecule has 0 spiro atoms. The van der Waals surface area contributed by atoms with Gasteiger partial charge in [0, 0.05) is 13.5 Å². The first-order valence-electron chi connectivity index (χ1n) is 10.7. The van der Waals surface area contributed by atoms with Crippen LogP contribution in [0.4, 0.5) is 26.3 Å². The van der Waals surface area contributed by atoms with Crippen LogP contribution in [0.1, 0.15) is 55.0 Å². The van der Waals surface area contributed by atoms with Crippen LogP contribution in [-0.4, -0.2) is 25.2 Å². The molecule has 34 heavy (non-hydrogen) atoms. The highest BCUT2D eigenvalue weighted by Gasteiger charge is 2.40. The molecule has 0 bridgehead atoms. The third-order valence-electron chi connectivity index (χ3n) is 5.88. The second-order valence-electron chi connectivity index (χ2n) is 8.39. The van der Waals surface area contributed by atoms with E-state index in [1.54, 1.807) is 0 Å². The van der Waals surface area contributed by atoms with Crippen LogP contribution in [0.5, 0.6) is 0 Å². The largest absolute Gasteiger partial charge is 0.461 e. The van der Waals surface area contributed by atoms with Gasteiger partial charge in [-0.2, -0.15) is 26.3 Å². The van der Waals surface area contributed by atoms with Crippen LogP contribution in [0, 0.1) is 0 Å². The van der Waals surface area contributed by atoms with Crippen LogP contribution < -0.4 is 5.32 Å². The topological polar surface area (TPSA) is 47.6 Å². The molecule has 0 aromatic heterocycles. The minimum Gasteiger partial charge on any atom is -0.461 e. The number of halogens is 6. The smallest absolute Gasteiger partial charge is 0.416 e. The lowest BCUT2D eigenvalue weighted by atomic mass is 9.82. The van der Waals surface area contributed by atoms with Crippen molar-refractivity contribution in [2.24, 2.45) is 0 Å². The van der Waals surface area contributed by atoms with Gasteiger partial charge >= 0.3 is 18.3 Å². The first-order chi connectivity index (χ1) is 15.8. The van der Waals surface area contributed by atoms with E-state index < -0.39 is 41.1 Å². The normalized spacial score (nSPS) is 22.3. The molecule has 0 saturated carbocycles. The van der Waals surface area contributed by atoms with Crippen molar-refractivity contribution in [1.82, 2.24) is 5.32 Å². The number of nitrogens with one attached hydrogen (secondary N) is 1. The Morgan fingerprint density at radius 2 is 1.65 bits per heavy atom. The number of esters is 1. The Labute approximate surface area is 193 Å². The van der Waals surface area contributed by atoms with Gasteiger partial charge in [0.2, 0.25) is 0 Å². The highest BCUT2D eigenvalue weighted by Crippen LogP contribution is 2.39. The summed E-state index contributed by atoms with van der Waals surface area (Å²) in [5, 5.41) is 3.32. The predicted octanol–water partition coefficient (Wildman–Crippen LogP) is 6.01. The average Bonchev–Trinajstić information content (AvgIpc) is 2.77. The van der Waals surface area contributed by atoms with Gasteiger partial charge in [0.05, 0.1) is 29.4 Å². The van der Waals surface area contributed by atoms with Gasteiger partial charge in [0.15, 0.2) is 0 Å². The fourth-order valence-corrected chi connectivity index (χ4v) is 4.03. The fourth-order valence-electron chi connectivity index (χ4n) is 4.03. The third-order valence-corrected chi connectivity index (χ3v) is 5.88. The zero-order chi connectivity index (χ0) is 25.1. The van der Waals surface area contributed by atoms with Crippen LogP contribution in [0.25, 0.3) is 0 Å². The molecule has 1 unspecified atom stereocenters. The molecule has 2 aromatic rings. The summed E-state index contributed by atoms with van der Waals surface area (Å²) in [5.41, 5.74) is -2.89. The molecule has 1 aliphatic rings. The molecular formula is C24H25F6NO3. The second-order valence-corrected chi connectivity index (χ2v) is 8.39. The predicted molar refractivity (Wildman–Crippen MR) is 112 cm³/mol. The van der Waals surface area contributed by atoms with Crippen LogP contribution in [0.3, 0.4) is 0 Å². The van der Waals surface area contributed by atoms with Crippen LogP contribution in [0.15, 0.2) is 48.5 Å². The van der Waals surface area contributed by atoms with Gasteiger partial charge in [-0.05, 0) is 49.1 Å². The van der Waals surface area contributed by atoms with Gasteiger partial charge in [-0.3, -0.25) is 4.79 Å². The quantitative estimate of drug-likeness (QED) is 0.399. The Hall–Kier alpha value is -2.59. The highest BCUT2D eigenvalue weighted by atomic mass is 19.4. The summed E-state index contributed by atoms with van der Waals surface area (Å²) in [4.78, 5) is 11.3. The fraction of sp³-hybridized carbons (Fsp3) is 0.458. The molecule has 186 valence electrons. The Morgan fingerprint density at radius 1 is 1.06 bits per heavy atom. The molecule has 1 heterocycles. The molecule has 1 fully saturated rings. The maximum absolute atomic E-state index is 13.2. The lowest BCUT2D eigenvalue weighted by molar-refractivity contribution is -0.148. The molecule has 0 aliphatic carbocycles. The van der Waals surface area contributed by atoms with Gasteiger partial charge < -0.3 is 14.8 Å². The van der Waals surface area contributed by atoms with Gasteiger partial charge in [0.25, 0.3) is 0 Å². The number of rotatable bonds is 6. The molecule has 3 atom stereocenters. The van der Waals surface area contributed by atoms with Crippen LogP contribution >= 0.6 is 0 Å². The van der Waals surface area contributed by atoms with E-state index in [1.165, 1.54) is 13.8 Å². The van der Waals surface area contributed by atoms with Gasteiger partial charge in [-0.15, -0.1) is 0 Å². The van der Waals surface area contributed by atoms with E-state index in [2.05, 4.69) is 5.32 Å². The van der Waals surface area contributed by atoms with E-state index in [4.69, 9.17) is 9.47 Å². The maximum atomic E-state index is 13.2. The standard InChI is InChI=1S/C24H25F6NO3/c1-15(17-10-19(23(25,26)27)12-20(11-17)24(28,29)30)33-14-22(18-6-4-3-5-7-18)9-8-21(13-31-22)34-16(2)32/h3-7,10-12,15,21,31H,8-9,13-14H2,1-2H3/t15-,21?,22-/m1/s1. The molecule has 0 radical (unpaired) electrons. The molecule has 0 amide bonds. The summed E-state index contributed by atoms with van der Waals surface area (Å²) in [7, 11) is 0. The number of piperidine rings is 1. The lowest BCUT2D eigenvalue weighted by Crippen LogP contribution is -2.54. The Balaban J connectivity index is 1.84. The SMILES string of the molecule is CC(=O)OC1CC[C@@](CO[C@H](C)c2cc(C(F)(F)F)cc(C(F)(F)F)c2)(c2ccccc2)NC1. The second kappa shape index (κ2) is 9.95. The van der Waals surface area contributed by atoms with Crippen molar-refractivity contribution in [2.75, 3.05) is 13.2 Å². The van der Waals surface area contributed by atoms with Gasteiger partial charge in [0.1, 0.15) is 6.10 Å². The van der Waals surface area contributed by atoms with Gasteiger partial charge in [-0.1, -0.05) is 30.3 Å². The first kappa shape index (κ1) is 26.0. The molecule has 1 aliphatic heterocycles. The van der Waals surface area contributed by atoms with E-state index in [-0.39, 0.29) is 24.3 Å². The van der Waals surface area contributed by atoms with Crippen molar-refractivity contribution in [2.45, 2.75) is 56.8 Å². The Bertz CT molecular complexity index is 950. The van der Waals surface area contributed by atoms with Crippen molar-refractivity contribution < 1.29 is 40.6 Å². The van der Waals surface area contributed by atoms with E-state index in [1.807, 2.05) is 30.3 Å². The minimum absolute atomic E-state index is 0.0113. The van der Waals surface area contributed by atoms with Crippen molar-refractivity contribution in [3.05, 3.63) is 70.8 Å². The zero-order valence-electron chi connectivity index (χ0n) is 18.6. The summed E-state index contributed by atoms with van der Waals surface area (Å²) in [6.45, 7) is 3.05. The molecule has 3 rings (SSSR count). The van der Waals surface area contributed by atoms with Crippen LogP contribution in [0.2, 0.25) is 0 Å². The number of hydrogen-bond donors (Lipinski definition) is 1. The monoisotopic (exact) mass is 489 g/mol. The van der Waals surface area contributed by atoms with Crippen molar-refractivity contribution in [3.8, 4) is 0 Å². The third kappa shape index (κ3) is 6.29. The number of hydrogen-bond acceptors (Lipinski definition) is 4. The zero-order valence-corrected chi connectivity index (χ0v) is 18.6. The van der Waals surface area contributed by atoms with Crippen molar-refractivity contribution in [1.29, 1.82) is 0 Å². The van der Waals surface area contributed by atoms with Crippen molar-refractivity contribution >= 4 is 5.97 Å². The number of carbonyl (C=O) groups is 1. The summed E-state index contributed by atoms with van der Waals surface area (Å²) in [6, 6.07) is 10.6. The number of alkyl halides is 6. The number of carbonyl (C=O) groups excluding carboxylic acids is 1. The molecule has 10 heteroatoms. The van der Waals surface area contributed by atoms with E-state index in [0.717, 1.165) is 5.56 Å². The summed E-state index contributed by atoms with van der Waals surface area (Å²) >= 11 is 0. The van der Waals surface area contributed by atoms with E-state index in [9.17, 15) is 31.1 Å². The average molecular weight is 489 g/mol. The molecule has 1 N–H and O–H groups in total. The van der Waals surface area contributed by atoms with E-state index in [0.29, 0.717) is 31.5 Å². The summed E-state index contributed by atoms with van der Waals surface area (Å²) in [6.07, 6.45) is -10.3. The summed E-state index contributed by atoms with van der Waals surface area (Å²) < 4.78 is 90.5. The number of benzene rings is 2. The summed E-state index contributed by atoms with van der Waals surface area (Å²) in [5.74, 6) is -0.408. The number of ether oxygens (including phenoxy) is 2. The molecular weight excluding hydrogens is 464 g/mol. The molecule has 1 saturated heterocycles. The first-order valence-corrected chi connectivity index (χ1v) is 10.7. The minimum atomic E-state index is -4.93. The van der Waals surface area contributed by atoms with E-state index >= 15 is 0 Å².